The van der Waals surface area contributed by atoms with Gasteiger partial charge in [0.2, 0.25) is 6.79 Å². The van der Waals surface area contributed by atoms with Gasteiger partial charge in [-0.3, -0.25) is 4.72 Å². The van der Waals surface area contributed by atoms with Gasteiger partial charge in [-0.2, -0.15) is 0 Å². The highest BCUT2D eigenvalue weighted by Gasteiger charge is 2.20. The van der Waals surface area contributed by atoms with Crippen molar-refractivity contribution in [3.05, 3.63) is 42.0 Å². The van der Waals surface area contributed by atoms with Gasteiger partial charge in [-0.15, -0.1) is 0 Å². The van der Waals surface area contributed by atoms with E-state index >= 15 is 0 Å². The molecule has 0 saturated carbocycles. The van der Waals surface area contributed by atoms with Crippen molar-refractivity contribution in [3.63, 3.8) is 0 Å². The Bertz CT molecular complexity index is 803. The van der Waals surface area contributed by atoms with Gasteiger partial charge in [0.05, 0.1) is 16.3 Å². The Kier molecular flexibility index (Phi) is 3.13. The highest BCUT2D eigenvalue weighted by molar-refractivity contribution is 7.92. The zero-order chi connectivity index (χ0) is 15.0. The molecule has 2 aromatic carbocycles. The Hall–Kier alpha value is -2.41. The van der Waals surface area contributed by atoms with Crippen molar-refractivity contribution in [2.75, 3.05) is 17.2 Å². The number of nitrogens with one attached hydrogen (secondary N) is 1. The van der Waals surface area contributed by atoms with Gasteiger partial charge >= 0.3 is 0 Å². The van der Waals surface area contributed by atoms with E-state index in [1.165, 1.54) is 18.2 Å². The topological polar surface area (TPSA) is 90.7 Å². The molecule has 0 radical (unpaired) electrons. The smallest absolute Gasteiger partial charge is 0.261 e. The molecule has 0 spiro atoms. The van der Waals surface area contributed by atoms with Crippen molar-refractivity contribution in [2.45, 2.75) is 11.8 Å². The van der Waals surface area contributed by atoms with Crippen molar-refractivity contribution in [2.24, 2.45) is 0 Å². The predicted molar refractivity (Wildman–Crippen MR) is 79.0 cm³/mol. The first-order valence-corrected chi connectivity index (χ1v) is 7.73. The number of fused-ring (bicyclic) bond motifs is 1. The normalized spacial score (nSPS) is 13.2. The number of nitrogen functional groups attached to an aromatic ring is 1. The summed E-state index contributed by atoms with van der Waals surface area (Å²) < 4.78 is 37.6. The third-order valence-electron chi connectivity index (χ3n) is 3.09. The Morgan fingerprint density at radius 1 is 1.14 bits per heavy atom. The Balaban J connectivity index is 1.96. The number of sulfonamides is 1. The van der Waals surface area contributed by atoms with Crippen LogP contribution in [-0.2, 0) is 10.0 Å². The number of hydrogen-bond donors (Lipinski definition) is 2. The molecule has 7 heteroatoms. The summed E-state index contributed by atoms with van der Waals surface area (Å²) in [5, 5.41) is 0. The Morgan fingerprint density at radius 3 is 2.57 bits per heavy atom. The number of anilines is 2. The van der Waals surface area contributed by atoms with Gasteiger partial charge in [0, 0.05) is 12.1 Å². The minimum absolute atomic E-state index is 0.100. The summed E-state index contributed by atoms with van der Waals surface area (Å²) in [4.78, 5) is 0.180. The van der Waals surface area contributed by atoms with Crippen molar-refractivity contribution in [1.29, 1.82) is 0 Å². The Morgan fingerprint density at radius 2 is 1.86 bits per heavy atom. The van der Waals surface area contributed by atoms with Crippen LogP contribution < -0.4 is 19.9 Å². The molecular formula is C14H14N2O4S. The zero-order valence-electron chi connectivity index (χ0n) is 11.3. The molecule has 110 valence electrons. The number of hydrogen-bond acceptors (Lipinski definition) is 5. The minimum atomic E-state index is -3.70. The monoisotopic (exact) mass is 306 g/mol. The van der Waals surface area contributed by atoms with Gasteiger partial charge in [-0.05, 0) is 24.6 Å². The maximum absolute atomic E-state index is 12.4. The van der Waals surface area contributed by atoms with E-state index in [9.17, 15) is 8.42 Å². The maximum Gasteiger partial charge on any atom is 0.261 e. The number of ether oxygens (including phenoxy) is 2. The van der Waals surface area contributed by atoms with E-state index in [1.54, 1.807) is 12.1 Å². The van der Waals surface area contributed by atoms with Gasteiger partial charge in [0.25, 0.3) is 10.0 Å². The lowest BCUT2D eigenvalue weighted by Gasteiger charge is -2.11. The highest BCUT2D eigenvalue weighted by Crippen LogP contribution is 2.38. The van der Waals surface area contributed by atoms with Crippen molar-refractivity contribution >= 4 is 21.4 Å². The molecular weight excluding hydrogens is 292 g/mol. The fraction of sp³-hybridized carbons (Fsp3) is 0.143. The molecule has 0 aliphatic carbocycles. The molecule has 0 aromatic heterocycles. The third-order valence-corrected chi connectivity index (χ3v) is 4.45. The van der Waals surface area contributed by atoms with Crippen LogP contribution in [0.3, 0.4) is 0 Å². The van der Waals surface area contributed by atoms with Crippen LogP contribution in [0.5, 0.6) is 11.5 Å². The van der Waals surface area contributed by atoms with Gasteiger partial charge < -0.3 is 15.2 Å². The van der Waals surface area contributed by atoms with E-state index < -0.39 is 10.0 Å². The van der Waals surface area contributed by atoms with Crippen LogP contribution >= 0.6 is 0 Å². The van der Waals surface area contributed by atoms with E-state index in [0.29, 0.717) is 11.5 Å². The lowest BCUT2D eigenvalue weighted by molar-refractivity contribution is 0.174. The molecule has 0 saturated heterocycles. The summed E-state index contributed by atoms with van der Waals surface area (Å²) in [5.74, 6) is 0.970. The largest absolute Gasteiger partial charge is 0.454 e. The molecule has 2 aromatic rings. The molecule has 1 aliphatic rings. The standard InChI is InChI=1S/C14H14N2O4S/c1-9-3-2-4-10(5-9)21(17,18)16-12-7-14-13(6-11(12)15)19-8-20-14/h2-7,16H,8,15H2,1H3. The van der Waals surface area contributed by atoms with E-state index in [4.69, 9.17) is 15.2 Å². The molecule has 3 rings (SSSR count). The lowest BCUT2D eigenvalue weighted by Crippen LogP contribution is -2.14. The molecule has 0 atom stereocenters. The SMILES string of the molecule is Cc1cccc(S(=O)(=O)Nc2cc3c(cc2N)OCO3)c1. The molecule has 0 bridgehead atoms. The second-order valence-electron chi connectivity index (χ2n) is 4.71. The van der Waals surface area contributed by atoms with Crippen LogP contribution in [0.2, 0.25) is 0 Å². The zero-order valence-corrected chi connectivity index (χ0v) is 12.1. The van der Waals surface area contributed by atoms with Crippen LogP contribution in [0, 0.1) is 6.92 Å². The van der Waals surface area contributed by atoms with Crippen molar-refractivity contribution in [1.82, 2.24) is 0 Å². The number of benzene rings is 2. The Labute approximate surface area is 122 Å². The molecule has 0 fully saturated rings. The fourth-order valence-corrected chi connectivity index (χ4v) is 3.22. The van der Waals surface area contributed by atoms with Crippen LogP contribution in [0.15, 0.2) is 41.3 Å². The summed E-state index contributed by atoms with van der Waals surface area (Å²) in [5.41, 5.74) is 7.24. The molecule has 6 nitrogen and oxygen atoms in total. The number of rotatable bonds is 3. The second-order valence-corrected chi connectivity index (χ2v) is 6.40. The van der Waals surface area contributed by atoms with Gasteiger partial charge in [0.15, 0.2) is 11.5 Å². The average molecular weight is 306 g/mol. The van der Waals surface area contributed by atoms with Crippen molar-refractivity contribution in [3.8, 4) is 11.5 Å². The number of nitrogens with two attached hydrogens (primary N) is 1. The summed E-state index contributed by atoms with van der Waals surface area (Å²) >= 11 is 0. The molecule has 1 aliphatic heterocycles. The molecule has 0 unspecified atom stereocenters. The number of aryl methyl sites for hydroxylation is 1. The van der Waals surface area contributed by atoms with E-state index in [-0.39, 0.29) is 23.1 Å². The van der Waals surface area contributed by atoms with E-state index in [1.807, 2.05) is 13.0 Å². The fourth-order valence-electron chi connectivity index (χ4n) is 2.03. The summed E-state index contributed by atoms with van der Waals surface area (Å²) in [6.45, 7) is 1.93. The van der Waals surface area contributed by atoms with Gasteiger partial charge in [-0.1, -0.05) is 12.1 Å². The molecule has 1 heterocycles. The summed E-state index contributed by atoms with van der Waals surface area (Å²) in [7, 11) is -3.70. The van der Waals surface area contributed by atoms with Crippen LogP contribution in [-0.4, -0.2) is 15.2 Å². The molecule has 0 amide bonds. The molecule has 21 heavy (non-hydrogen) atoms. The first-order chi connectivity index (χ1) is 9.95. The average Bonchev–Trinajstić information content (AvgIpc) is 2.86. The maximum atomic E-state index is 12.4. The quantitative estimate of drug-likeness (QED) is 0.848. The highest BCUT2D eigenvalue weighted by atomic mass is 32.2. The lowest BCUT2D eigenvalue weighted by atomic mass is 10.2. The first kappa shape index (κ1) is 13.6. The van der Waals surface area contributed by atoms with Gasteiger partial charge in [-0.25, -0.2) is 8.42 Å². The van der Waals surface area contributed by atoms with Crippen molar-refractivity contribution < 1.29 is 17.9 Å². The van der Waals surface area contributed by atoms with Crippen LogP contribution in [0.1, 0.15) is 5.56 Å². The third kappa shape index (κ3) is 2.59. The predicted octanol–water partition coefficient (Wildman–Crippen LogP) is 2.11. The van der Waals surface area contributed by atoms with E-state index in [2.05, 4.69) is 4.72 Å². The molecule has 3 N–H and O–H groups in total. The van der Waals surface area contributed by atoms with E-state index in [0.717, 1.165) is 5.56 Å². The first-order valence-electron chi connectivity index (χ1n) is 6.24. The van der Waals surface area contributed by atoms with Crippen LogP contribution in [0.25, 0.3) is 0 Å². The van der Waals surface area contributed by atoms with Crippen LogP contribution in [0.4, 0.5) is 11.4 Å². The second kappa shape index (κ2) is 4.85. The summed E-state index contributed by atoms with van der Waals surface area (Å²) in [6, 6.07) is 9.69. The minimum Gasteiger partial charge on any atom is -0.454 e. The van der Waals surface area contributed by atoms with Gasteiger partial charge in [0.1, 0.15) is 0 Å². The summed E-state index contributed by atoms with van der Waals surface area (Å²) in [6.07, 6.45) is 0.